The van der Waals surface area contributed by atoms with Gasteiger partial charge in [0.05, 0.1) is 17.3 Å². The van der Waals surface area contributed by atoms with Crippen molar-refractivity contribution in [1.29, 1.82) is 5.26 Å². The van der Waals surface area contributed by atoms with Crippen molar-refractivity contribution in [1.82, 2.24) is 0 Å². The van der Waals surface area contributed by atoms with Gasteiger partial charge in [0.25, 0.3) is 0 Å². The summed E-state index contributed by atoms with van der Waals surface area (Å²) in [6, 6.07) is 6.46. The molecule has 16 heavy (non-hydrogen) atoms. The highest BCUT2D eigenvalue weighted by Crippen LogP contribution is 2.20. The molecule has 0 N–H and O–H groups in total. The van der Waals surface area contributed by atoms with Gasteiger partial charge in [-0.05, 0) is 24.6 Å². The van der Waals surface area contributed by atoms with Crippen LogP contribution in [-0.2, 0) is 0 Å². The van der Waals surface area contributed by atoms with Crippen LogP contribution in [0.1, 0.15) is 18.9 Å². The highest BCUT2D eigenvalue weighted by Gasteiger charge is 2.09. The van der Waals surface area contributed by atoms with Gasteiger partial charge in [-0.15, -0.1) is 6.58 Å². The molecule has 0 aliphatic carbocycles. The average Bonchev–Trinajstić information content (AvgIpc) is 2.29. The first-order valence-electron chi connectivity index (χ1n) is 5.28. The highest BCUT2D eigenvalue weighted by atomic mass is 19.1. The maximum absolute atomic E-state index is 13.7. The van der Waals surface area contributed by atoms with E-state index in [0.29, 0.717) is 17.8 Å². The zero-order chi connectivity index (χ0) is 12.0. The summed E-state index contributed by atoms with van der Waals surface area (Å²) < 4.78 is 13.7. The Morgan fingerprint density at radius 3 is 2.81 bits per heavy atom. The number of rotatable bonds is 5. The fraction of sp³-hybridized carbons (Fsp3) is 0.308. The van der Waals surface area contributed by atoms with Crippen LogP contribution in [0, 0.1) is 17.1 Å². The van der Waals surface area contributed by atoms with Gasteiger partial charge in [-0.25, -0.2) is 4.39 Å². The predicted octanol–water partition coefficient (Wildman–Crippen LogP) is 3.10. The second-order valence-electron chi connectivity index (χ2n) is 3.51. The number of nitrogens with zero attached hydrogens (tertiary/aromatic N) is 2. The van der Waals surface area contributed by atoms with Crippen LogP contribution in [0.5, 0.6) is 0 Å². The first kappa shape index (κ1) is 12.3. The first-order chi connectivity index (χ1) is 7.72. The maximum atomic E-state index is 13.7. The van der Waals surface area contributed by atoms with Gasteiger partial charge in [-0.1, -0.05) is 13.0 Å². The van der Waals surface area contributed by atoms with E-state index in [1.54, 1.807) is 18.2 Å². The summed E-state index contributed by atoms with van der Waals surface area (Å²) >= 11 is 0. The van der Waals surface area contributed by atoms with Crippen LogP contribution < -0.4 is 4.90 Å². The van der Waals surface area contributed by atoms with Crippen molar-refractivity contribution in [2.75, 3.05) is 18.0 Å². The minimum Gasteiger partial charge on any atom is -0.365 e. The van der Waals surface area contributed by atoms with Crippen LogP contribution in [0.2, 0.25) is 0 Å². The van der Waals surface area contributed by atoms with Gasteiger partial charge in [0.15, 0.2) is 0 Å². The van der Waals surface area contributed by atoms with E-state index in [4.69, 9.17) is 5.26 Å². The van der Waals surface area contributed by atoms with Crippen molar-refractivity contribution in [3.8, 4) is 6.07 Å². The normalized spacial score (nSPS) is 9.56. The fourth-order valence-electron chi connectivity index (χ4n) is 1.57. The summed E-state index contributed by atoms with van der Waals surface area (Å²) in [6.07, 6.45) is 2.68. The minimum absolute atomic E-state index is 0.344. The zero-order valence-corrected chi connectivity index (χ0v) is 9.41. The van der Waals surface area contributed by atoms with Gasteiger partial charge in [-0.2, -0.15) is 5.26 Å². The largest absolute Gasteiger partial charge is 0.365 e. The molecule has 0 radical (unpaired) electrons. The molecule has 0 aromatic heterocycles. The minimum atomic E-state index is -0.352. The molecule has 1 aromatic carbocycles. The Morgan fingerprint density at radius 1 is 1.56 bits per heavy atom. The van der Waals surface area contributed by atoms with Gasteiger partial charge < -0.3 is 4.90 Å². The van der Waals surface area contributed by atoms with E-state index in [1.807, 2.05) is 17.9 Å². The van der Waals surface area contributed by atoms with Crippen molar-refractivity contribution in [3.05, 3.63) is 42.2 Å². The summed E-state index contributed by atoms with van der Waals surface area (Å²) in [4.78, 5) is 1.91. The van der Waals surface area contributed by atoms with Crippen LogP contribution in [0.15, 0.2) is 30.9 Å². The lowest BCUT2D eigenvalue weighted by atomic mass is 10.2. The second kappa shape index (κ2) is 5.92. The highest BCUT2D eigenvalue weighted by molar-refractivity contribution is 5.51. The smallest absolute Gasteiger partial charge is 0.147 e. The van der Waals surface area contributed by atoms with Crippen LogP contribution in [0.25, 0.3) is 0 Å². The van der Waals surface area contributed by atoms with E-state index in [9.17, 15) is 4.39 Å². The lowest BCUT2D eigenvalue weighted by molar-refractivity contribution is 0.618. The molecule has 84 valence electrons. The molecule has 0 unspecified atom stereocenters. The molecule has 3 heteroatoms. The van der Waals surface area contributed by atoms with Crippen LogP contribution in [0.4, 0.5) is 10.1 Å². The quantitative estimate of drug-likeness (QED) is 0.710. The molecule has 0 bridgehead atoms. The molecule has 2 nitrogen and oxygen atoms in total. The van der Waals surface area contributed by atoms with Gasteiger partial charge >= 0.3 is 0 Å². The fourth-order valence-corrected chi connectivity index (χ4v) is 1.57. The van der Waals surface area contributed by atoms with Gasteiger partial charge in [0.1, 0.15) is 5.82 Å². The first-order valence-corrected chi connectivity index (χ1v) is 5.28. The van der Waals surface area contributed by atoms with Crippen LogP contribution in [-0.4, -0.2) is 13.1 Å². The third-order valence-corrected chi connectivity index (χ3v) is 2.26. The van der Waals surface area contributed by atoms with E-state index in [0.717, 1.165) is 13.0 Å². The van der Waals surface area contributed by atoms with E-state index in [2.05, 4.69) is 6.58 Å². The molecule has 0 saturated heterocycles. The zero-order valence-electron chi connectivity index (χ0n) is 9.41. The molecule has 0 aliphatic rings. The summed E-state index contributed by atoms with van der Waals surface area (Å²) in [5.74, 6) is -0.352. The summed E-state index contributed by atoms with van der Waals surface area (Å²) in [6.45, 7) is 7.07. The molecule has 0 spiro atoms. The lowest BCUT2D eigenvalue weighted by Gasteiger charge is -2.23. The Kier molecular flexibility index (Phi) is 4.53. The molecular weight excluding hydrogens is 203 g/mol. The number of halogens is 1. The maximum Gasteiger partial charge on any atom is 0.147 e. The average molecular weight is 218 g/mol. The molecule has 0 amide bonds. The Bertz CT molecular complexity index is 407. The van der Waals surface area contributed by atoms with Gasteiger partial charge in [0, 0.05) is 13.1 Å². The molecule has 1 rings (SSSR count). The van der Waals surface area contributed by atoms with Crippen molar-refractivity contribution in [2.24, 2.45) is 0 Å². The molecule has 0 aliphatic heterocycles. The Labute approximate surface area is 95.6 Å². The molecule has 0 atom stereocenters. The van der Waals surface area contributed by atoms with E-state index in [-0.39, 0.29) is 5.82 Å². The summed E-state index contributed by atoms with van der Waals surface area (Å²) in [5.41, 5.74) is 0.872. The van der Waals surface area contributed by atoms with E-state index < -0.39 is 0 Å². The molecule has 0 saturated carbocycles. The number of benzene rings is 1. The van der Waals surface area contributed by atoms with Crippen LogP contribution >= 0.6 is 0 Å². The van der Waals surface area contributed by atoms with Crippen molar-refractivity contribution in [3.63, 3.8) is 0 Å². The molecule has 1 aromatic rings. The van der Waals surface area contributed by atoms with E-state index in [1.165, 1.54) is 6.07 Å². The topological polar surface area (TPSA) is 27.0 Å². The third-order valence-electron chi connectivity index (χ3n) is 2.26. The molecule has 0 fully saturated rings. The van der Waals surface area contributed by atoms with Gasteiger partial charge in [-0.3, -0.25) is 0 Å². The summed E-state index contributed by atoms with van der Waals surface area (Å²) in [7, 11) is 0. The monoisotopic (exact) mass is 218 g/mol. The summed E-state index contributed by atoms with van der Waals surface area (Å²) in [5, 5.41) is 8.65. The second-order valence-corrected chi connectivity index (χ2v) is 3.51. The van der Waals surface area contributed by atoms with Crippen molar-refractivity contribution in [2.45, 2.75) is 13.3 Å². The van der Waals surface area contributed by atoms with E-state index >= 15 is 0 Å². The van der Waals surface area contributed by atoms with Crippen LogP contribution in [0.3, 0.4) is 0 Å². The van der Waals surface area contributed by atoms with Crippen molar-refractivity contribution < 1.29 is 4.39 Å². The Morgan fingerprint density at radius 2 is 2.31 bits per heavy atom. The number of hydrogen-bond donors (Lipinski definition) is 0. The number of nitriles is 1. The molecule has 0 heterocycles. The predicted molar refractivity (Wildman–Crippen MR) is 63.8 cm³/mol. The number of anilines is 1. The lowest BCUT2D eigenvalue weighted by Crippen LogP contribution is -2.24. The SMILES string of the molecule is C=CCN(CCC)c1ccc(C#N)cc1F. The van der Waals surface area contributed by atoms with Gasteiger partial charge in [0.2, 0.25) is 0 Å². The third kappa shape index (κ3) is 2.83. The Hall–Kier alpha value is -1.82. The van der Waals surface area contributed by atoms with Crippen molar-refractivity contribution >= 4 is 5.69 Å². The standard InChI is InChI=1S/C13H15FN2/c1-3-7-16(8-4-2)13-6-5-11(10-15)9-12(13)14/h3,5-6,9H,1,4,7-8H2,2H3. The molecular formula is C13H15FN2. The number of hydrogen-bond acceptors (Lipinski definition) is 2. The Balaban J connectivity index is 3.00.